The summed E-state index contributed by atoms with van der Waals surface area (Å²) in [6.45, 7) is 0. The molecule has 268 valence electrons. The number of hydrogen-bond donors (Lipinski definition) is 0. The van der Waals surface area contributed by atoms with E-state index >= 15 is 0 Å². The molecule has 0 saturated heterocycles. The van der Waals surface area contributed by atoms with Gasteiger partial charge in [-0.05, 0) is 41.5 Å². The van der Waals surface area contributed by atoms with Gasteiger partial charge in [0, 0.05) is 0 Å². The van der Waals surface area contributed by atoms with Crippen molar-refractivity contribution >= 4 is 76.7 Å². The molecule has 0 aromatic heterocycles. The Labute approximate surface area is 330 Å². The second kappa shape index (κ2) is 16.9. The van der Waals surface area contributed by atoms with Crippen LogP contribution >= 0.6 is 0 Å². The van der Waals surface area contributed by atoms with Crippen LogP contribution in [-0.2, 0) is 12.3 Å². The molecule has 0 aliphatic heterocycles. The maximum absolute atomic E-state index is 8.53. The van der Waals surface area contributed by atoms with Crippen molar-refractivity contribution in [1.29, 1.82) is 0 Å². The van der Waals surface area contributed by atoms with Crippen molar-refractivity contribution in [3.63, 3.8) is 0 Å². The molecule has 0 amide bonds. The van der Waals surface area contributed by atoms with E-state index in [9.17, 15) is 0 Å². The van der Waals surface area contributed by atoms with Crippen molar-refractivity contribution in [2.24, 2.45) is 0 Å². The minimum atomic E-state index is -3.85. The molecule has 0 spiro atoms. The quantitative estimate of drug-likeness (QED) is 0.119. The summed E-state index contributed by atoms with van der Waals surface area (Å²) in [6, 6.07) is 85.7. The SMILES string of the molecule is c1ccc([SiH2]O[Si](O[Si](O[Si](c2ccccc2)(c2ccccc2)c2ccccc2)(c2ccccc2)c2ccccc2)(c2ccccc2)c2ccccc2)cc1. The molecule has 7 heteroatoms. The first-order valence-electron chi connectivity index (χ1n) is 18.7. The van der Waals surface area contributed by atoms with Gasteiger partial charge >= 0.3 is 17.1 Å². The van der Waals surface area contributed by atoms with Crippen molar-refractivity contribution in [2.75, 3.05) is 0 Å². The van der Waals surface area contributed by atoms with E-state index in [4.69, 9.17) is 12.3 Å². The zero-order valence-electron chi connectivity index (χ0n) is 30.5. The molecule has 55 heavy (non-hydrogen) atoms. The van der Waals surface area contributed by atoms with Gasteiger partial charge in [-0.25, -0.2) is 0 Å². The number of benzene rings is 8. The first-order chi connectivity index (χ1) is 27.2. The van der Waals surface area contributed by atoms with E-state index in [1.165, 1.54) is 5.19 Å². The van der Waals surface area contributed by atoms with Crippen LogP contribution in [0.3, 0.4) is 0 Å². The molecule has 0 atom stereocenters. The van der Waals surface area contributed by atoms with Crippen LogP contribution in [0.1, 0.15) is 0 Å². The molecule has 0 heterocycles. The normalized spacial score (nSPS) is 12.1. The highest BCUT2D eigenvalue weighted by atomic mass is 28.5. The van der Waals surface area contributed by atoms with Gasteiger partial charge in [-0.1, -0.05) is 243 Å². The van der Waals surface area contributed by atoms with Gasteiger partial charge in [0.25, 0.3) is 8.32 Å². The first-order valence-corrected chi connectivity index (χ1v) is 25.5. The molecular formula is C48H42O3Si4. The first kappa shape index (κ1) is 36.5. The Hall–Kier alpha value is -5.49. The Morgan fingerprint density at radius 1 is 0.255 bits per heavy atom. The van der Waals surface area contributed by atoms with Crippen LogP contribution in [0.2, 0.25) is 0 Å². The van der Waals surface area contributed by atoms with Crippen molar-refractivity contribution in [3.8, 4) is 0 Å². The molecule has 0 saturated carbocycles. The Morgan fingerprint density at radius 3 is 0.818 bits per heavy atom. The number of rotatable bonds is 14. The fourth-order valence-corrected chi connectivity index (χ4v) is 25.8. The van der Waals surface area contributed by atoms with Crippen molar-refractivity contribution in [2.45, 2.75) is 0 Å². The summed E-state index contributed by atoms with van der Waals surface area (Å²) < 4.78 is 24.6. The standard InChI is InChI=1S/C48H42O3Si4/c1-9-25-41(26-10-1)52-49-54(45-33-17-5-18-34-45,46-35-19-6-20-36-46)51-55(47-37-21-7-22-38-47,48-39-23-8-24-40-48)50-53(42-27-11-2-12-28-42,43-29-13-3-14-30-43)44-31-15-4-16-32-44/h1-40H,52H2. The Kier molecular flexibility index (Phi) is 11.2. The van der Waals surface area contributed by atoms with E-state index < -0.39 is 35.2 Å². The van der Waals surface area contributed by atoms with E-state index in [1.807, 2.05) is 0 Å². The highest BCUT2D eigenvalue weighted by Crippen LogP contribution is 2.24. The van der Waals surface area contributed by atoms with Crippen LogP contribution in [0.25, 0.3) is 0 Å². The maximum Gasteiger partial charge on any atom is 0.389 e. The second-order valence-corrected chi connectivity index (χ2v) is 25.2. The van der Waals surface area contributed by atoms with E-state index in [0.29, 0.717) is 0 Å². The molecule has 8 rings (SSSR count). The largest absolute Gasteiger partial charge is 0.431 e. The van der Waals surface area contributed by atoms with Crippen LogP contribution in [0.15, 0.2) is 243 Å². The molecule has 0 aliphatic rings. The van der Waals surface area contributed by atoms with Crippen molar-refractivity contribution in [1.82, 2.24) is 0 Å². The van der Waals surface area contributed by atoms with E-state index in [2.05, 4.69) is 243 Å². The fraction of sp³-hybridized carbons (Fsp3) is 0. The highest BCUT2D eigenvalue weighted by Gasteiger charge is 2.59. The van der Waals surface area contributed by atoms with Gasteiger partial charge in [-0.3, -0.25) is 0 Å². The van der Waals surface area contributed by atoms with Gasteiger partial charge in [0.1, 0.15) is 0 Å². The van der Waals surface area contributed by atoms with E-state index in [-0.39, 0.29) is 0 Å². The molecule has 8 aromatic rings. The third-order valence-corrected chi connectivity index (χ3v) is 25.5. The zero-order chi connectivity index (χ0) is 37.2. The van der Waals surface area contributed by atoms with Gasteiger partial charge in [0.05, 0.1) is 0 Å². The van der Waals surface area contributed by atoms with Crippen LogP contribution < -0.4 is 41.5 Å². The lowest BCUT2D eigenvalue weighted by molar-refractivity contribution is 0.368. The van der Waals surface area contributed by atoms with Gasteiger partial charge in [0.15, 0.2) is 9.76 Å². The van der Waals surface area contributed by atoms with E-state index in [1.54, 1.807) is 0 Å². The lowest BCUT2D eigenvalue weighted by Gasteiger charge is -2.47. The topological polar surface area (TPSA) is 27.7 Å². The average molecular weight is 779 g/mol. The summed E-state index contributed by atoms with van der Waals surface area (Å²) in [6.07, 6.45) is 0. The number of hydrogen-bond acceptors (Lipinski definition) is 3. The maximum atomic E-state index is 8.53. The van der Waals surface area contributed by atoms with Gasteiger partial charge in [0.2, 0.25) is 0 Å². The minimum Gasteiger partial charge on any atom is -0.431 e. The summed E-state index contributed by atoms with van der Waals surface area (Å²) in [7, 11) is -12.2. The van der Waals surface area contributed by atoms with Crippen LogP contribution in [0.4, 0.5) is 0 Å². The van der Waals surface area contributed by atoms with Crippen LogP contribution in [0, 0.1) is 0 Å². The van der Waals surface area contributed by atoms with Gasteiger partial charge in [-0.15, -0.1) is 0 Å². The predicted molar refractivity (Wildman–Crippen MR) is 238 cm³/mol. The molecule has 0 radical (unpaired) electrons. The van der Waals surface area contributed by atoms with Crippen molar-refractivity contribution in [3.05, 3.63) is 243 Å². The molecule has 0 aliphatic carbocycles. The molecule has 0 N–H and O–H groups in total. The molecule has 0 bridgehead atoms. The summed E-state index contributed by atoms with van der Waals surface area (Å²) >= 11 is 0. The van der Waals surface area contributed by atoms with Crippen LogP contribution in [-0.4, -0.2) is 35.2 Å². The summed E-state index contributed by atoms with van der Waals surface area (Å²) in [5, 5.41) is 8.78. The third-order valence-electron chi connectivity index (χ3n) is 10.0. The van der Waals surface area contributed by atoms with E-state index in [0.717, 1.165) is 36.3 Å². The molecular weight excluding hydrogens is 737 g/mol. The Morgan fingerprint density at radius 2 is 0.509 bits per heavy atom. The molecule has 8 aromatic carbocycles. The Balaban J connectivity index is 1.48. The minimum absolute atomic E-state index is 1.02. The second-order valence-electron chi connectivity index (χ2n) is 13.5. The average Bonchev–Trinajstić information content (AvgIpc) is 3.29. The molecule has 3 nitrogen and oxygen atoms in total. The Bertz CT molecular complexity index is 2180. The van der Waals surface area contributed by atoms with Gasteiger partial charge in [-0.2, -0.15) is 0 Å². The highest BCUT2D eigenvalue weighted by molar-refractivity contribution is 7.15. The summed E-state index contributed by atoms with van der Waals surface area (Å²) in [5.41, 5.74) is 0. The summed E-state index contributed by atoms with van der Waals surface area (Å²) in [5.74, 6) is 0. The monoisotopic (exact) mass is 778 g/mol. The zero-order valence-corrected chi connectivity index (χ0v) is 34.9. The molecule has 0 unspecified atom stereocenters. The smallest absolute Gasteiger partial charge is 0.389 e. The lowest BCUT2D eigenvalue weighted by atomic mass is 10.3. The third kappa shape index (κ3) is 7.47. The predicted octanol–water partition coefficient (Wildman–Crippen LogP) is 4.63. The lowest BCUT2D eigenvalue weighted by Crippen LogP contribution is -2.82. The van der Waals surface area contributed by atoms with Crippen molar-refractivity contribution < 1.29 is 12.3 Å². The summed E-state index contributed by atoms with van der Waals surface area (Å²) in [4.78, 5) is 0. The van der Waals surface area contributed by atoms with Crippen LogP contribution in [0.5, 0.6) is 0 Å². The van der Waals surface area contributed by atoms with Gasteiger partial charge < -0.3 is 12.3 Å². The molecule has 0 fully saturated rings. The fourth-order valence-electron chi connectivity index (χ4n) is 7.41.